The van der Waals surface area contributed by atoms with Crippen molar-refractivity contribution in [2.75, 3.05) is 5.32 Å². The Hall–Kier alpha value is -3.47. The number of nitrogens with zero attached hydrogens (tertiary/aromatic N) is 1. The van der Waals surface area contributed by atoms with Crippen LogP contribution >= 0.6 is 0 Å². The molecule has 1 aromatic heterocycles. The molecule has 0 fully saturated rings. The number of rotatable bonds is 6. The predicted octanol–water partition coefficient (Wildman–Crippen LogP) is 3.89. The van der Waals surface area contributed by atoms with Gasteiger partial charge in [0.2, 0.25) is 5.91 Å². The molecule has 0 bridgehead atoms. The molecule has 0 radical (unpaired) electrons. The molecule has 0 saturated carbocycles. The highest BCUT2D eigenvalue weighted by molar-refractivity contribution is 5.95. The van der Waals surface area contributed by atoms with Crippen LogP contribution < -0.4 is 10.6 Å². The number of carbonyl (C=O) groups is 2. The van der Waals surface area contributed by atoms with E-state index in [0.717, 1.165) is 11.1 Å². The van der Waals surface area contributed by atoms with Crippen molar-refractivity contribution in [3.8, 4) is 0 Å². The molecule has 0 spiro atoms. The lowest BCUT2D eigenvalue weighted by Gasteiger charge is -2.19. The largest absolute Gasteiger partial charge is 0.345 e. The van der Waals surface area contributed by atoms with E-state index in [1.165, 1.54) is 0 Å². The second-order valence-corrected chi connectivity index (χ2v) is 6.22. The molecule has 5 nitrogen and oxygen atoms in total. The van der Waals surface area contributed by atoms with Gasteiger partial charge in [-0.05, 0) is 36.2 Å². The molecule has 2 N–H and O–H groups in total. The lowest BCUT2D eigenvalue weighted by molar-refractivity contribution is -0.116. The fourth-order valence-corrected chi connectivity index (χ4v) is 2.75. The molecule has 2 aromatic carbocycles. The molecule has 1 heterocycles. The molecule has 0 aliphatic heterocycles. The number of amides is 2. The molecule has 1 unspecified atom stereocenters. The van der Waals surface area contributed by atoms with Crippen LogP contribution in [0.5, 0.6) is 0 Å². The van der Waals surface area contributed by atoms with Gasteiger partial charge in [0.1, 0.15) is 5.82 Å². The van der Waals surface area contributed by atoms with Gasteiger partial charge >= 0.3 is 0 Å². The van der Waals surface area contributed by atoms with E-state index >= 15 is 0 Å². The van der Waals surface area contributed by atoms with Gasteiger partial charge < -0.3 is 10.6 Å². The minimum atomic E-state index is -0.442. The van der Waals surface area contributed by atoms with Crippen LogP contribution in [0.3, 0.4) is 0 Å². The maximum atomic E-state index is 12.6. The molecule has 0 aliphatic rings. The van der Waals surface area contributed by atoms with Gasteiger partial charge in [-0.15, -0.1) is 0 Å². The first-order chi connectivity index (χ1) is 13.1. The van der Waals surface area contributed by atoms with E-state index in [9.17, 15) is 9.59 Å². The summed E-state index contributed by atoms with van der Waals surface area (Å²) in [5.74, 6) is 0.106. The van der Waals surface area contributed by atoms with Crippen LogP contribution in [0.1, 0.15) is 33.9 Å². The highest BCUT2D eigenvalue weighted by atomic mass is 16.2. The Labute approximate surface area is 158 Å². The molecule has 3 aromatic rings. The Kier molecular flexibility index (Phi) is 5.94. The van der Waals surface area contributed by atoms with Crippen molar-refractivity contribution in [2.24, 2.45) is 0 Å². The Bertz CT molecular complexity index is 911. The number of anilines is 1. The highest BCUT2D eigenvalue weighted by Crippen LogP contribution is 2.19. The van der Waals surface area contributed by atoms with E-state index in [0.29, 0.717) is 11.4 Å². The standard InChI is InChI=1S/C22H21N3O2/c1-16-9-8-14-23-21(16)25-20(26)15-19(17-10-4-2-5-11-17)24-22(27)18-12-6-3-7-13-18/h2-14,19H,15H2,1H3,(H,24,27)(H,23,25,26). The van der Waals surface area contributed by atoms with E-state index in [2.05, 4.69) is 15.6 Å². The van der Waals surface area contributed by atoms with Gasteiger partial charge in [0.25, 0.3) is 5.91 Å². The Balaban J connectivity index is 1.75. The third kappa shape index (κ3) is 5.01. The maximum absolute atomic E-state index is 12.6. The van der Waals surface area contributed by atoms with Crippen LogP contribution in [0.2, 0.25) is 0 Å². The van der Waals surface area contributed by atoms with Gasteiger partial charge in [0.15, 0.2) is 0 Å². The average Bonchev–Trinajstić information content (AvgIpc) is 2.70. The zero-order chi connectivity index (χ0) is 19.1. The number of aromatic nitrogens is 1. The summed E-state index contributed by atoms with van der Waals surface area (Å²) < 4.78 is 0. The second-order valence-electron chi connectivity index (χ2n) is 6.22. The topological polar surface area (TPSA) is 71.1 Å². The van der Waals surface area contributed by atoms with Crippen LogP contribution in [0, 0.1) is 6.92 Å². The van der Waals surface area contributed by atoms with Crippen LogP contribution in [0.4, 0.5) is 5.82 Å². The maximum Gasteiger partial charge on any atom is 0.251 e. The second kappa shape index (κ2) is 8.76. The first kappa shape index (κ1) is 18.3. The molecule has 5 heteroatoms. The molecule has 1 atom stereocenters. The van der Waals surface area contributed by atoms with E-state index in [-0.39, 0.29) is 18.2 Å². The minimum Gasteiger partial charge on any atom is -0.345 e. The van der Waals surface area contributed by atoms with Crippen LogP contribution in [0.15, 0.2) is 79.0 Å². The summed E-state index contributed by atoms with van der Waals surface area (Å²) in [5.41, 5.74) is 2.31. The normalized spacial score (nSPS) is 11.4. The first-order valence-electron chi connectivity index (χ1n) is 8.76. The van der Waals surface area contributed by atoms with E-state index in [4.69, 9.17) is 0 Å². The smallest absolute Gasteiger partial charge is 0.251 e. The quantitative estimate of drug-likeness (QED) is 0.701. The highest BCUT2D eigenvalue weighted by Gasteiger charge is 2.19. The van der Waals surface area contributed by atoms with Crippen molar-refractivity contribution in [3.05, 3.63) is 95.7 Å². The number of pyridine rings is 1. The molecule has 136 valence electrons. The molecule has 3 rings (SSSR count). The summed E-state index contributed by atoms with van der Waals surface area (Å²) in [7, 11) is 0. The number of nitrogens with one attached hydrogen (secondary N) is 2. The number of hydrogen-bond acceptors (Lipinski definition) is 3. The molecular formula is C22H21N3O2. The molecule has 27 heavy (non-hydrogen) atoms. The summed E-state index contributed by atoms with van der Waals surface area (Å²) in [5, 5.41) is 5.78. The fourth-order valence-electron chi connectivity index (χ4n) is 2.75. The Morgan fingerprint density at radius 2 is 1.59 bits per heavy atom. The Morgan fingerprint density at radius 1 is 0.926 bits per heavy atom. The van der Waals surface area contributed by atoms with Crippen molar-refractivity contribution in [1.29, 1.82) is 0 Å². The van der Waals surface area contributed by atoms with Gasteiger partial charge in [-0.2, -0.15) is 0 Å². The van der Waals surface area contributed by atoms with E-state index in [1.54, 1.807) is 18.3 Å². The van der Waals surface area contributed by atoms with Crippen LogP contribution in [0.25, 0.3) is 0 Å². The first-order valence-corrected chi connectivity index (χ1v) is 8.76. The summed E-state index contributed by atoms with van der Waals surface area (Å²) in [6.07, 6.45) is 1.74. The number of aryl methyl sites for hydroxylation is 1. The van der Waals surface area contributed by atoms with Crippen molar-refractivity contribution in [1.82, 2.24) is 10.3 Å². The van der Waals surface area contributed by atoms with Crippen LogP contribution in [-0.2, 0) is 4.79 Å². The summed E-state index contributed by atoms with van der Waals surface area (Å²) in [4.78, 5) is 29.3. The number of benzene rings is 2. The third-order valence-corrected chi connectivity index (χ3v) is 4.20. The van der Waals surface area contributed by atoms with Crippen molar-refractivity contribution in [3.63, 3.8) is 0 Å². The molecule has 2 amide bonds. The van der Waals surface area contributed by atoms with Gasteiger partial charge in [-0.1, -0.05) is 54.6 Å². The summed E-state index contributed by atoms with van der Waals surface area (Å²) >= 11 is 0. The molecular weight excluding hydrogens is 338 g/mol. The van der Waals surface area contributed by atoms with Crippen molar-refractivity contribution in [2.45, 2.75) is 19.4 Å². The Morgan fingerprint density at radius 3 is 2.26 bits per heavy atom. The van der Waals surface area contributed by atoms with Gasteiger partial charge in [-0.25, -0.2) is 4.98 Å². The number of hydrogen-bond donors (Lipinski definition) is 2. The van der Waals surface area contributed by atoms with E-state index < -0.39 is 6.04 Å². The summed E-state index contributed by atoms with van der Waals surface area (Å²) in [6.45, 7) is 1.88. The predicted molar refractivity (Wildman–Crippen MR) is 105 cm³/mol. The summed E-state index contributed by atoms with van der Waals surface area (Å²) in [6, 6.07) is 21.7. The van der Waals surface area contributed by atoms with Gasteiger partial charge in [-0.3, -0.25) is 9.59 Å². The minimum absolute atomic E-state index is 0.110. The van der Waals surface area contributed by atoms with E-state index in [1.807, 2.05) is 67.6 Å². The van der Waals surface area contributed by atoms with Gasteiger partial charge in [0, 0.05) is 11.8 Å². The molecule has 0 aliphatic carbocycles. The lowest BCUT2D eigenvalue weighted by Crippen LogP contribution is -2.31. The van der Waals surface area contributed by atoms with Gasteiger partial charge in [0.05, 0.1) is 12.5 Å². The fraction of sp³-hybridized carbons (Fsp3) is 0.136. The number of carbonyl (C=O) groups excluding carboxylic acids is 2. The van der Waals surface area contributed by atoms with Crippen molar-refractivity contribution >= 4 is 17.6 Å². The monoisotopic (exact) mass is 359 g/mol. The van der Waals surface area contributed by atoms with Crippen molar-refractivity contribution < 1.29 is 9.59 Å². The van der Waals surface area contributed by atoms with Crippen LogP contribution in [-0.4, -0.2) is 16.8 Å². The zero-order valence-corrected chi connectivity index (χ0v) is 15.1. The molecule has 0 saturated heterocycles. The zero-order valence-electron chi connectivity index (χ0n) is 15.1. The SMILES string of the molecule is Cc1cccnc1NC(=O)CC(NC(=O)c1ccccc1)c1ccccc1. The third-order valence-electron chi connectivity index (χ3n) is 4.20. The lowest BCUT2D eigenvalue weighted by atomic mass is 10.0. The average molecular weight is 359 g/mol.